The number of aromatic nitrogens is 3. The van der Waals surface area contributed by atoms with Crippen molar-refractivity contribution in [1.29, 1.82) is 0 Å². The van der Waals surface area contributed by atoms with Crippen LogP contribution in [0, 0.1) is 11.8 Å². The molecule has 2 fully saturated rings. The zero-order valence-electron chi connectivity index (χ0n) is 11.8. The lowest BCUT2D eigenvalue weighted by Crippen LogP contribution is -2.32. The van der Waals surface area contributed by atoms with Crippen molar-refractivity contribution >= 4 is 18.1 Å². The minimum absolute atomic E-state index is 0. The fourth-order valence-corrected chi connectivity index (χ4v) is 3.49. The summed E-state index contributed by atoms with van der Waals surface area (Å²) in [5, 5.41) is 7.82. The van der Waals surface area contributed by atoms with Crippen molar-refractivity contribution < 1.29 is 0 Å². The zero-order valence-corrected chi connectivity index (χ0v) is 12.6. The molecule has 4 heterocycles. The molecule has 0 bridgehead atoms. The van der Waals surface area contributed by atoms with Crippen LogP contribution in [0.25, 0.3) is 5.65 Å². The Morgan fingerprint density at radius 1 is 1.19 bits per heavy atom. The molecule has 21 heavy (non-hydrogen) atoms. The van der Waals surface area contributed by atoms with E-state index in [9.17, 15) is 4.79 Å². The van der Waals surface area contributed by atoms with E-state index in [1.165, 1.54) is 0 Å². The molecule has 0 aliphatic carbocycles. The highest BCUT2D eigenvalue weighted by atomic mass is 35.5. The Balaban J connectivity index is 0.00000132. The molecule has 2 aromatic rings. The Labute approximate surface area is 129 Å². The molecule has 0 saturated carbocycles. The molecule has 2 aromatic heterocycles. The van der Waals surface area contributed by atoms with Gasteiger partial charge in [-0.05, 0) is 37.1 Å². The Morgan fingerprint density at radius 2 is 1.95 bits per heavy atom. The van der Waals surface area contributed by atoms with Gasteiger partial charge in [0.2, 0.25) is 0 Å². The van der Waals surface area contributed by atoms with Crippen LogP contribution < -0.4 is 11.0 Å². The number of nitrogens with zero attached hydrogens (tertiary/aromatic N) is 4. The minimum atomic E-state index is -0.0401. The number of fused-ring (bicyclic) bond motifs is 2. The maximum Gasteiger partial charge on any atom is 0.350 e. The zero-order chi connectivity index (χ0) is 13.5. The van der Waals surface area contributed by atoms with Crippen molar-refractivity contribution in [3.8, 4) is 0 Å². The Bertz CT molecular complexity index is 669. The van der Waals surface area contributed by atoms with Gasteiger partial charge in [0, 0.05) is 25.8 Å². The average molecular weight is 310 g/mol. The topological polar surface area (TPSA) is 54.6 Å². The van der Waals surface area contributed by atoms with Crippen LogP contribution in [0.3, 0.4) is 0 Å². The molecule has 0 aromatic carbocycles. The highest BCUT2D eigenvalue weighted by Crippen LogP contribution is 2.25. The molecule has 0 unspecified atom stereocenters. The summed E-state index contributed by atoms with van der Waals surface area (Å²) in [6.07, 6.45) is 1.77. The van der Waals surface area contributed by atoms with Gasteiger partial charge in [0.05, 0.1) is 6.54 Å². The van der Waals surface area contributed by atoms with Crippen LogP contribution in [-0.2, 0) is 6.54 Å². The fourth-order valence-electron chi connectivity index (χ4n) is 3.49. The molecular weight excluding hydrogens is 290 g/mol. The molecule has 2 aliphatic heterocycles. The minimum Gasteiger partial charge on any atom is -0.316 e. The molecule has 0 radical (unpaired) electrons. The third kappa shape index (κ3) is 2.59. The number of rotatable bonds is 3. The van der Waals surface area contributed by atoms with Gasteiger partial charge in [0.15, 0.2) is 5.65 Å². The standard InChI is InChI=1S/C14H19N5O.ClH/c20-14-18-4-2-1-3-13(18)16-19(14)6-5-17-9-11-7-15-8-12(11)10-17;/h1-4,11-12,15H,5-10H2;1H/t11-,12+;. The van der Waals surface area contributed by atoms with Crippen molar-refractivity contribution in [3.63, 3.8) is 0 Å². The molecule has 0 amide bonds. The lowest BCUT2D eigenvalue weighted by atomic mass is 10.0. The van der Waals surface area contributed by atoms with E-state index in [0.717, 1.165) is 50.2 Å². The van der Waals surface area contributed by atoms with Gasteiger partial charge in [0.1, 0.15) is 0 Å². The van der Waals surface area contributed by atoms with Gasteiger partial charge in [-0.3, -0.25) is 4.40 Å². The maximum atomic E-state index is 12.2. The van der Waals surface area contributed by atoms with Crippen LogP contribution in [0.15, 0.2) is 29.2 Å². The molecule has 2 saturated heterocycles. The number of nitrogens with one attached hydrogen (secondary N) is 1. The molecule has 6 nitrogen and oxygen atoms in total. The number of hydrogen-bond donors (Lipinski definition) is 1. The predicted molar refractivity (Wildman–Crippen MR) is 83.0 cm³/mol. The van der Waals surface area contributed by atoms with Crippen LogP contribution in [-0.4, -0.2) is 51.8 Å². The predicted octanol–water partition coefficient (Wildman–Crippen LogP) is 0.0690. The quantitative estimate of drug-likeness (QED) is 0.872. The van der Waals surface area contributed by atoms with E-state index >= 15 is 0 Å². The second-order valence-electron chi connectivity index (χ2n) is 5.87. The van der Waals surface area contributed by atoms with E-state index in [1.54, 1.807) is 15.3 Å². The summed E-state index contributed by atoms with van der Waals surface area (Å²) in [5.41, 5.74) is 0.682. The van der Waals surface area contributed by atoms with Crippen LogP contribution >= 0.6 is 12.4 Å². The largest absolute Gasteiger partial charge is 0.350 e. The second-order valence-corrected chi connectivity index (χ2v) is 5.87. The molecule has 4 rings (SSSR count). The Morgan fingerprint density at radius 3 is 2.67 bits per heavy atom. The Hall–Kier alpha value is -1.37. The van der Waals surface area contributed by atoms with Crippen LogP contribution in [0.5, 0.6) is 0 Å². The first kappa shape index (κ1) is 14.6. The molecular formula is C14H20ClN5O. The summed E-state index contributed by atoms with van der Waals surface area (Å²) in [4.78, 5) is 14.6. The third-order valence-corrected chi connectivity index (χ3v) is 4.58. The first-order chi connectivity index (χ1) is 9.81. The van der Waals surface area contributed by atoms with Crippen molar-refractivity contribution in [2.45, 2.75) is 6.54 Å². The lowest BCUT2D eigenvalue weighted by molar-refractivity contribution is 0.292. The molecule has 0 spiro atoms. The summed E-state index contributed by atoms with van der Waals surface area (Å²) >= 11 is 0. The third-order valence-electron chi connectivity index (χ3n) is 4.58. The van der Waals surface area contributed by atoms with E-state index in [-0.39, 0.29) is 18.1 Å². The Kier molecular flexibility index (Phi) is 4.01. The van der Waals surface area contributed by atoms with E-state index in [2.05, 4.69) is 15.3 Å². The summed E-state index contributed by atoms with van der Waals surface area (Å²) in [6.45, 7) is 6.19. The van der Waals surface area contributed by atoms with Gasteiger partial charge in [0.25, 0.3) is 0 Å². The first-order valence-corrected chi connectivity index (χ1v) is 7.28. The van der Waals surface area contributed by atoms with E-state index in [0.29, 0.717) is 6.54 Å². The monoisotopic (exact) mass is 309 g/mol. The SMILES string of the molecule is Cl.O=c1n(CCN2C[C@H]3CNC[C@H]3C2)nc2ccccn12. The molecule has 114 valence electrons. The van der Waals surface area contributed by atoms with E-state index in [1.807, 2.05) is 18.2 Å². The summed E-state index contributed by atoms with van der Waals surface area (Å²) in [5.74, 6) is 1.60. The van der Waals surface area contributed by atoms with Gasteiger partial charge >= 0.3 is 5.69 Å². The summed E-state index contributed by atoms with van der Waals surface area (Å²) in [7, 11) is 0. The van der Waals surface area contributed by atoms with Gasteiger partial charge in [-0.15, -0.1) is 17.5 Å². The van der Waals surface area contributed by atoms with Gasteiger partial charge in [-0.1, -0.05) is 6.07 Å². The van der Waals surface area contributed by atoms with Gasteiger partial charge in [-0.25, -0.2) is 9.48 Å². The lowest BCUT2D eigenvalue weighted by Gasteiger charge is -2.16. The summed E-state index contributed by atoms with van der Waals surface area (Å²) < 4.78 is 3.18. The van der Waals surface area contributed by atoms with Crippen molar-refractivity contribution in [2.75, 3.05) is 32.7 Å². The summed E-state index contributed by atoms with van der Waals surface area (Å²) in [6, 6.07) is 5.62. The second kappa shape index (κ2) is 5.79. The van der Waals surface area contributed by atoms with Crippen molar-refractivity contribution in [3.05, 3.63) is 34.9 Å². The first-order valence-electron chi connectivity index (χ1n) is 7.28. The van der Waals surface area contributed by atoms with E-state index in [4.69, 9.17) is 0 Å². The van der Waals surface area contributed by atoms with Crippen molar-refractivity contribution in [2.24, 2.45) is 11.8 Å². The fraction of sp³-hybridized carbons (Fsp3) is 0.571. The molecule has 7 heteroatoms. The van der Waals surface area contributed by atoms with Crippen LogP contribution in [0.2, 0.25) is 0 Å². The van der Waals surface area contributed by atoms with Crippen LogP contribution in [0.1, 0.15) is 0 Å². The number of pyridine rings is 1. The number of likely N-dealkylation sites (tertiary alicyclic amines) is 1. The smallest absolute Gasteiger partial charge is 0.316 e. The molecule has 2 atom stereocenters. The van der Waals surface area contributed by atoms with Gasteiger partial charge < -0.3 is 10.2 Å². The van der Waals surface area contributed by atoms with Crippen molar-refractivity contribution in [1.82, 2.24) is 24.4 Å². The highest BCUT2D eigenvalue weighted by molar-refractivity contribution is 5.85. The normalized spacial score (nSPS) is 25.1. The van der Waals surface area contributed by atoms with Crippen LogP contribution in [0.4, 0.5) is 0 Å². The van der Waals surface area contributed by atoms with E-state index < -0.39 is 0 Å². The number of hydrogen-bond acceptors (Lipinski definition) is 4. The average Bonchev–Trinajstić information content (AvgIpc) is 3.11. The van der Waals surface area contributed by atoms with Gasteiger partial charge in [-0.2, -0.15) is 0 Å². The molecule has 2 aliphatic rings. The highest BCUT2D eigenvalue weighted by Gasteiger charge is 2.35. The number of halogens is 1. The molecule has 1 N–H and O–H groups in total. The maximum absolute atomic E-state index is 12.2.